The molecule has 0 spiro atoms. The highest BCUT2D eigenvalue weighted by Crippen LogP contribution is 2.28. The molecule has 1 aromatic heterocycles. The molecule has 3 aromatic carbocycles. The second kappa shape index (κ2) is 11.0. The van der Waals surface area contributed by atoms with E-state index in [9.17, 15) is 9.90 Å². The summed E-state index contributed by atoms with van der Waals surface area (Å²) < 4.78 is 7.95. The molecule has 0 atom stereocenters. The van der Waals surface area contributed by atoms with Crippen LogP contribution in [0.15, 0.2) is 87.5 Å². The zero-order valence-electron chi connectivity index (χ0n) is 18.1. The highest BCUT2D eigenvalue weighted by atomic mass is 79.9. The largest absolute Gasteiger partial charge is 0.504 e. The number of hydrogen-bond acceptors (Lipinski definition) is 7. The number of phenols is 1. The lowest BCUT2D eigenvalue weighted by Crippen LogP contribution is -2.20. The first-order chi connectivity index (χ1) is 16.5. The Morgan fingerprint density at radius 1 is 1.15 bits per heavy atom. The number of hydrogen-bond donors (Lipinski definition) is 2. The molecule has 10 heteroatoms. The number of hydrazone groups is 1. The molecule has 0 aliphatic carbocycles. The third kappa shape index (κ3) is 5.64. The van der Waals surface area contributed by atoms with E-state index < -0.39 is 0 Å². The van der Waals surface area contributed by atoms with Crippen LogP contribution in [0.25, 0.3) is 17.1 Å². The van der Waals surface area contributed by atoms with E-state index in [-0.39, 0.29) is 17.4 Å². The van der Waals surface area contributed by atoms with Gasteiger partial charge in [-0.1, -0.05) is 58.0 Å². The van der Waals surface area contributed by atoms with Crippen molar-refractivity contribution in [3.05, 3.63) is 82.8 Å². The summed E-state index contributed by atoms with van der Waals surface area (Å²) in [7, 11) is 1.46. The standard InChI is InChI=1S/C24H20BrN5O3S/c1-33-21-13-16(7-12-20(21)31)14-26-27-22(32)15-34-24-29-28-23(17-5-3-2-4-6-17)30(24)19-10-8-18(25)9-11-19/h2-14,31H,15H2,1H3,(H,27,32)/b26-14-. The first-order valence-electron chi connectivity index (χ1n) is 10.1. The molecule has 0 aliphatic heterocycles. The van der Waals surface area contributed by atoms with Gasteiger partial charge in [-0.05, 0) is 48.0 Å². The van der Waals surface area contributed by atoms with E-state index >= 15 is 0 Å². The Kier molecular flexibility index (Phi) is 7.61. The smallest absolute Gasteiger partial charge is 0.250 e. The predicted molar refractivity (Wildman–Crippen MR) is 136 cm³/mol. The van der Waals surface area contributed by atoms with E-state index in [1.807, 2.05) is 59.2 Å². The number of ether oxygens (including phenoxy) is 1. The molecule has 8 nitrogen and oxygen atoms in total. The highest BCUT2D eigenvalue weighted by molar-refractivity contribution is 9.10. The van der Waals surface area contributed by atoms with Gasteiger partial charge in [-0.25, -0.2) is 5.43 Å². The molecule has 0 radical (unpaired) electrons. The molecule has 4 aromatic rings. The summed E-state index contributed by atoms with van der Waals surface area (Å²) in [6.07, 6.45) is 1.47. The average Bonchev–Trinajstić information content (AvgIpc) is 3.29. The second-order valence-corrected chi connectivity index (χ2v) is 8.86. The van der Waals surface area contributed by atoms with Crippen LogP contribution in [-0.4, -0.2) is 44.9 Å². The van der Waals surface area contributed by atoms with Gasteiger partial charge in [0, 0.05) is 15.7 Å². The number of nitrogens with zero attached hydrogens (tertiary/aromatic N) is 4. The Morgan fingerprint density at radius 2 is 1.91 bits per heavy atom. The maximum absolute atomic E-state index is 12.4. The third-order valence-corrected chi connectivity index (χ3v) is 6.15. The van der Waals surface area contributed by atoms with Gasteiger partial charge in [0.2, 0.25) is 0 Å². The lowest BCUT2D eigenvalue weighted by atomic mass is 10.2. The zero-order chi connectivity index (χ0) is 23.9. The first kappa shape index (κ1) is 23.5. The van der Waals surface area contributed by atoms with Crippen molar-refractivity contribution in [3.63, 3.8) is 0 Å². The summed E-state index contributed by atoms with van der Waals surface area (Å²) in [6, 6.07) is 22.3. The third-order valence-electron chi connectivity index (χ3n) is 4.69. The van der Waals surface area contributed by atoms with Gasteiger partial charge in [-0.15, -0.1) is 10.2 Å². The molecule has 0 unspecified atom stereocenters. The van der Waals surface area contributed by atoms with Crippen molar-refractivity contribution < 1.29 is 14.6 Å². The van der Waals surface area contributed by atoms with Crippen LogP contribution in [0.2, 0.25) is 0 Å². The molecule has 2 N–H and O–H groups in total. The number of nitrogens with one attached hydrogen (secondary N) is 1. The average molecular weight is 538 g/mol. The fraction of sp³-hybridized carbons (Fsp3) is 0.0833. The van der Waals surface area contributed by atoms with Crippen molar-refractivity contribution in [3.8, 4) is 28.6 Å². The zero-order valence-corrected chi connectivity index (χ0v) is 20.5. The molecule has 34 heavy (non-hydrogen) atoms. The van der Waals surface area contributed by atoms with Crippen molar-refractivity contribution >= 4 is 39.8 Å². The summed E-state index contributed by atoms with van der Waals surface area (Å²) in [5, 5.41) is 22.9. The Morgan fingerprint density at radius 3 is 2.65 bits per heavy atom. The van der Waals surface area contributed by atoms with E-state index in [4.69, 9.17) is 4.74 Å². The topological polar surface area (TPSA) is 102 Å². The van der Waals surface area contributed by atoms with Gasteiger partial charge in [0.25, 0.3) is 5.91 Å². The number of carbonyl (C=O) groups excluding carboxylic acids is 1. The molecule has 0 aliphatic rings. The minimum atomic E-state index is -0.293. The van der Waals surface area contributed by atoms with Gasteiger partial charge < -0.3 is 9.84 Å². The van der Waals surface area contributed by atoms with Crippen molar-refractivity contribution in [2.75, 3.05) is 12.9 Å². The molecule has 4 rings (SSSR count). The van der Waals surface area contributed by atoms with Crippen LogP contribution in [0.4, 0.5) is 0 Å². The molecule has 0 bridgehead atoms. The quantitative estimate of drug-likeness (QED) is 0.192. The Hall–Kier alpha value is -3.63. The molecule has 1 heterocycles. The number of rotatable bonds is 8. The number of halogens is 1. The number of thioether (sulfide) groups is 1. The molecule has 0 saturated carbocycles. The van der Waals surface area contributed by atoms with Crippen LogP contribution in [-0.2, 0) is 4.79 Å². The number of aromatic nitrogens is 3. The van der Waals surface area contributed by atoms with E-state index in [1.165, 1.54) is 31.2 Å². The van der Waals surface area contributed by atoms with Crippen LogP contribution in [0, 0.1) is 0 Å². The van der Waals surface area contributed by atoms with Gasteiger partial charge in [0.15, 0.2) is 22.5 Å². The number of carbonyl (C=O) groups is 1. The predicted octanol–water partition coefficient (Wildman–Crippen LogP) is 4.65. The van der Waals surface area contributed by atoms with Crippen LogP contribution in [0.3, 0.4) is 0 Å². The van der Waals surface area contributed by atoms with E-state index in [1.54, 1.807) is 12.1 Å². The fourth-order valence-corrected chi connectivity index (χ4v) is 4.08. The molecular weight excluding hydrogens is 518 g/mol. The maximum Gasteiger partial charge on any atom is 0.250 e. The number of aromatic hydroxyl groups is 1. The van der Waals surface area contributed by atoms with Crippen molar-refractivity contribution in [1.82, 2.24) is 20.2 Å². The highest BCUT2D eigenvalue weighted by Gasteiger charge is 2.17. The lowest BCUT2D eigenvalue weighted by molar-refractivity contribution is -0.118. The molecular formula is C24H20BrN5O3S. The fourth-order valence-electron chi connectivity index (χ4n) is 3.08. The number of methoxy groups -OCH3 is 1. The molecule has 0 fully saturated rings. The first-order valence-corrected chi connectivity index (χ1v) is 11.9. The van der Waals surface area contributed by atoms with Crippen LogP contribution in [0.1, 0.15) is 5.56 Å². The van der Waals surface area contributed by atoms with Crippen LogP contribution < -0.4 is 10.2 Å². The van der Waals surface area contributed by atoms with Crippen molar-refractivity contribution in [1.29, 1.82) is 0 Å². The monoisotopic (exact) mass is 537 g/mol. The van der Waals surface area contributed by atoms with Gasteiger partial charge in [-0.2, -0.15) is 5.10 Å². The van der Waals surface area contributed by atoms with Gasteiger partial charge in [-0.3, -0.25) is 9.36 Å². The van der Waals surface area contributed by atoms with E-state index in [0.29, 0.717) is 22.3 Å². The number of amides is 1. The van der Waals surface area contributed by atoms with Crippen LogP contribution >= 0.6 is 27.7 Å². The van der Waals surface area contributed by atoms with Crippen molar-refractivity contribution in [2.45, 2.75) is 5.16 Å². The van der Waals surface area contributed by atoms with Gasteiger partial charge >= 0.3 is 0 Å². The maximum atomic E-state index is 12.4. The number of phenolic OH excluding ortho intramolecular Hbond substituents is 1. The van der Waals surface area contributed by atoms with E-state index in [2.05, 4.69) is 36.7 Å². The van der Waals surface area contributed by atoms with E-state index in [0.717, 1.165) is 15.7 Å². The Labute approximate surface area is 208 Å². The lowest BCUT2D eigenvalue weighted by Gasteiger charge is -2.10. The van der Waals surface area contributed by atoms with Crippen LogP contribution in [0.5, 0.6) is 11.5 Å². The number of benzene rings is 3. The Bertz CT molecular complexity index is 1310. The normalized spacial score (nSPS) is 11.0. The summed E-state index contributed by atoms with van der Waals surface area (Å²) >= 11 is 4.72. The van der Waals surface area contributed by atoms with Gasteiger partial charge in [0.1, 0.15) is 0 Å². The van der Waals surface area contributed by atoms with Gasteiger partial charge in [0.05, 0.1) is 19.1 Å². The minimum absolute atomic E-state index is 0.0323. The summed E-state index contributed by atoms with van der Waals surface area (Å²) in [6.45, 7) is 0. The molecule has 172 valence electrons. The Balaban J connectivity index is 1.48. The molecule has 1 amide bonds. The summed E-state index contributed by atoms with van der Waals surface area (Å²) in [4.78, 5) is 12.4. The summed E-state index contributed by atoms with van der Waals surface area (Å²) in [5.74, 6) is 0.848. The minimum Gasteiger partial charge on any atom is -0.504 e. The van der Waals surface area contributed by atoms with Crippen molar-refractivity contribution in [2.24, 2.45) is 5.10 Å². The summed E-state index contributed by atoms with van der Waals surface area (Å²) in [5.41, 5.74) is 4.98. The SMILES string of the molecule is COc1cc(/C=N\NC(=O)CSc2nnc(-c3ccccc3)n2-c2ccc(Br)cc2)ccc1O. The second-order valence-electron chi connectivity index (χ2n) is 7.00. The molecule has 0 saturated heterocycles.